The summed E-state index contributed by atoms with van der Waals surface area (Å²) in [4.78, 5) is 28.9. The molecule has 0 aliphatic carbocycles. The maximum absolute atomic E-state index is 12.4. The first-order chi connectivity index (χ1) is 11.9. The molecule has 2 rings (SSSR count). The van der Waals surface area contributed by atoms with Crippen molar-refractivity contribution in [2.24, 2.45) is 5.92 Å². The molecule has 0 spiro atoms. The summed E-state index contributed by atoms with van der Waals surface area (Å²) >= 11 is 0. The maximum Gasteiger partial charge on any atom is 0.253 e. The number of nitrogens with one attached hydrogen (secondary N) is 2. The Morgan fingerprint density at radius 3 is 2.60 bits per heavy atom. The van der Waals surface area contributed by atoms with Crippen LogP contribution in [-0.2, 0) is 4.79 Å². The fraction of sp³-hybridized carbons (Fsp3) is 0.421. The smallest absolute Gasteiger partial charge is 0.253 e. The Labute approximate surface area is 147 Å². The maximum atomic E-state index is 12.4. The van der Waals surface area contributed by atoms with Gasteiger partial charge < -0.3 is 15.7 Å². The number of aliphatic hydroxyl groups is 1. The van der Waals surface area contributed by atoms with Gasteiger partial charge in [0.1, 0.15) is 6.04 Å². The van der Waals surface area contributed by atoms with Crippen molar-refractivity contribution < 1.29 is 14.7 Å². The summed E-state index contributed by atoms with van der Waals surface area (Å²) in [6.07, 6.45) is 1.30. The summed E-state index contributed by atoms with van der Waals surface area (Å²) in [5.74, 6) is -0.371. The Hall–Kier alpha value is -2.47. The number of aromatic nitrogens is 1. The van der Waals surface area contributed by atoms with Crippen LogP contribution in [0.2, 0.25) is 0 Å². The fourth-order valence-electron chi connectivity index (χ4n) is 2.42. The lowest BCUT2D eigenvalue weighted by atomic mass is 10.1. The average Bonchev–Trinajstić information content (AvgIpc) is 2.58. The number of benzene rings is 1. The summed E-state index contributed by atoms with van der Waals surface area (Å²) in [6.45, 7) is 6.11. The van der Waals surface area contributed by atoms with E-state index >= 15 is 0 Å². The molecule has 1 aromatic heterocycles. The highest BCUT2D eigenvalue weighted by molar-refractivity contribution is 5.99. The molecule has 134 valence electrons. The first kappa shape index (κ1) is 18.9. The molecular formula is C19H25N3O3. The van der Waals surface area contributed by atoms with E-state index in [0.717, 1.165) is 17.3 Å². The standard InChI is InChI=1S/C19H25N3O3/c1-12(2)8-9-20-19(25)17(13(3)23)22-18(24)15-10-14-6-4-5-7-16(14)21-11-15/h4-7,10-13,17,23H,8-9H2,1-3H3,(H,20,25)(H,22,24)/t13-,17+/m1/s1. The van der Waals surface area contributed by atoms with Gasteiger partial charge in [0.05, 0.1) is 17.2 Å². The molecule has 0 fully saturated rings. The molecule has 2 atom stereocenters. The van der Waals surface area contributed by atoms with Crippen molar-refractivity contribution in [1.29, 1.82) is 0 Å². The minimum Gasteiger partial charge on any atom is -0.391 e. The van der Waals surface area contributed by atoms with E-state index in [-0.39, 0.29) is 0 Å². The molecule has 3 N–H and O–H groups in total. The molecule has 6 nitrogen and oxygen atoms in total. The molecule has 0 saturated carbocycles. The number of carbonyl (C=O) groups excluding carboxylic acids is 2. The molecule has 0 unspecified atom stereocenters. The molecule has 0 radical (unpaired) electrons. The summed E-state index contributed by atoms with van der Waals surface area (Å²) < 4.78 is 0. The number of carbonyl (C=O) groups is 2. The third-order valence-electron chi connectivity index (χ3n) is 3.93. The molecule has 0 aliphatic heterocycles. The van der Waals surface area contributed by atoms with Crippen LogP contribution in [0.25, 0.3) is 10.9 Å². The summed E-state index contributed by atoms with van der Waals surface area (Å²) in [6, 6.07) is 8.17. The molecule has 0 aliphatic rings. The second kappa shape index (κ2) is 8.58. The Kier molecular flexibility index (Phi) is 6.47. The van der Waals surface area contributed by atoms with Crippen molar-refractivity contribution in [2.45, 2.75) is 39.3 Å². The van der Waals surface area contributed by atoms with E-state index in [0.29, 0.717) is 18.0 Å². The first-order valence-electron chi connectivity index (χ1n) is 8.50. The van der Waals surface area contributed by atoms with Crippen LogP contribution in [0, 0.1) is 5.92 Å². The number of rotatable bonds is 7. The van der Waals surface area contributed by atoms with Gasteiger partial charge in [0.15, 0.2) is 0 Å². The molecule has 2 aromatic rings. The summed E-state index contributed by atoms with van der Waals surface area (Å²) in [5, 5.41) is 16.1. The van der Waals surface area contributed by atoms with Crippen molar-refractivity contribution in [3.8, 4) is 0 Å². The molecule has 1 heterocycles. The van der Waals surface area contributed by atoms with Gasteiger partial charge >= 0.3 is 0 Å². The van der Waals surface area contributed by atoms with E-state index in [2.05, 4.69) is 29.5 Å². The highest BCUT2D eigenvalue weighted by Gasteiger charge is 2.26. The SMILES string of the molecule is CC(C)CCNC(=O)[C@@H](NC(=O)c1cnc2ccccc2c1)[C@@H](C)O. The lowest BCUT2D eigenvalue weighted by Gasteiger charge is -2.21. The normalized spacial score (nSPS) is 13.5. The van der Waals surface area contributed by atoms with Gasteiger partial charge in [-0.2, -0.15) is 0 Å². The van der Waals surface area contributed by atoms with E-state index in [4.69, 9.17) is 0 Å². The minimum atomic E-state index is -1.01. The predicted octanol–water partition coefficient (Wildman–Crippen LogP) is 1.88. The van der Waals surface area contributed by atoms with Crippen molar-refractivity contribution in [3.63, 3.8) is 0 Å². The Bertz CT molecular complexity index is 744. The van der Waals surface area contributed by atoms with Crippen molar-refractivity contribution in [2.75, 3.05) is 6.54 Å². The zero-order chi connectivity index (χ0) is 18.4. The van der Waals surface area contributed by atoms with E-state index in [1.807, 2.05) is 24.3 Å². The van der Waals surface area contributed by atoms with Gasteiger partial charge in [0, 0.05) is 18.1 Å². The van der Waals surface area contributed by atoms with Crippen LogP contribution >= 0.6 is 0 Å². The third-order valence-corrected chi connectivity index (χ3v) is 3.93. The van der Waals surface area contributed by atoms with Gasteiger partial charge in [0.25, 0.3) is 5.91 Å². The Balaban J connectivity index is 2.06. The van der Waals surface area contributed by atoms with Gasteiger partial charge in [0.2, 0.25) is 5.91 Å². The zero-order valence-corrected chi connectivity index (χ0v) is 14.8. The number of hydrogen-bond acceptors (Lipinski definition) is 4. The summed E-state index contributed by atoms with van der Waals surface area (Å²) in [7, 11) is 0. The number of hydrogen-bond donors (Lipinski definition) is 3. The van der Waals surface area contributed by atoms with E-state index < -0.39 is 24.0 Å². The van der Waals surface area contributed by atoms with Crippen LogP contribution in [0.15, 0.2) is 36.5 Å². The zero-order valence-electron chi connectivity index (χ0n) is 14.8. The lowest BCUT2D eigenvalue weighted by molar-refractivity contribution is -0.125. The molecule has 1 aromatic carbocycles. The minimum absolute atomic E-state index is 0.347. The Morgan fingerprint density at radius 1 is 1.20 bits per heavy atom. The van der Waals surface area contributed by atoms with Gasteiger partial charge in [-0.15, -0.1) is 0 Å². The Morgan fingerprint density at radius 2 is 1.92 bits per heavy atom. The van der Waals surface area contributed by atoms with Gasteiger partial charge in [-0.05, 0) is 31.4 Å². The summed E-state index contributed by atoms with van der Waals surface area (Å²) in [5.41, 5.74) is 1.14. The fourth-order valence-corrected chi connectivity index (χ4v) is 2.42. The second-order valence-corrected chi connectivity index (χ2v) is 6.58. The van der Waals surface area contributed by atoms with Crippen LogP contribution < -0.4 is 10.6 Å². The molecular weight excluding hydrogens is 318 g/mol. The highest BCUT2D eigenvalue weighted by atomic mass is 16.3. The second-order valence-electron chi connectivity index (χ2n) is 6.58. The van der Waals surface area contributed by atoms with Gasteiger partial charge in [-0.1, -0.05) is 32.0 Å². The van der Waals surface area contributed by atoms with Gasteiger partial charge in [-0.25, -0.2) is 0 Å². The number of pyridine rings is 1. The third kappa shape index (κ3) is 5.26. The largest absolute Gasteiger partial charge is 0.391 e. The first-order valence-corrected chi connectivity index (χ1v) is 8.50. The van der Waals surface area contributed by atoms with Crippen molar-refractivity contribution in [3.05, 3.63) is 42.1 Å². The van der Waals surface area contributed by atoms with Crippen LogP contribution in [0.5, 0.6) is 0 Å². The number of fused-ring (bicyclic) bond motifs is 1. The number of para-hydroxylation sites is 1. The van der Waals surface area contributed by atoms with Crippen LogP contribution in [-0.4, -0.2) is 40.6 Å². The monoisotopic (exact) mass is 343 g/mol. The lowest BCUT2D eigenvalue weighted by Crippen LogP contribution is -2.52. The van der Waals surface area contributed by atoms with Gasteiger partial charge in [-0.3, -0.25) is 14.6 Å². The van der Waals surface area contributed by atoms with E-state index in [1.165, 1.54) is 13.1 Å². The van der Waals surface area contributed by atoms with Crippen LogP contribution in [0.4, 0.5) is 0 Å². The van der Waals surface area contributed by atoms with E-state index in [1.54, 1.807) is 6.07 Å². The predicted molar refractivity (Wildman–Crippen MR) is 97.1 cm³/mol. The molecule has 2 amide bonds. The van der Waals surface area contributed by atoms with Crippen molar-refractivity contribution >= 4 is 22.7 Å². The molecule has 6 heteroatoms. The number of aliphatic hydroxyl groups excluding tert-OH is 1. The molecule has 0 saturated heterocycles. The van der Waals surface area contributed by atoms with Crippen LogP contribution in [0.1, 0.15) is 37.6 Å². The number of nitrogens with zero attached hydrogens (tertiary/aromatic N) is 1. The quantitative estimate of drug-likeness (QED) is 0.716. The highest BCUT2D eigenvalue weighted by Crippen LogP contribution is 2.13. The molecule has 0 bridgehead atoms. The average molecular weight is 343 g/mol. The number of amides is 2. The topological polar surface area (TPSA) is 91.3 Å². The van der Waals surface area contributed by atoms with Crippen LogP contribution in [0.3, 0.4) is 0 Å². The molecule has 25 heavy (non-hydrogen) atoms. The van der Waals surface area contributed by atoms with Crippen molar-refractivity contribution in [1.82, 2.24) is 15.6 Å². The van der Waals surface area contributed by atoms with E-state index in [9.17, 15) is 14.7 Å².